The molecule has 0 aliphatic heterocycles. The molecule has 0 saturated heterocycles. The molecule has 1 N–H and O–H groups in total. The highest BCUT2D eigenvalue weighted by molar-refractivity contribution is 9.11. The highest BCUT2D eigenvalue weighted by Gasteiger charge is 2.15. The Hall–Kier alpha value is -0.640. The van der Waals surface area contributed by atoms with Crippen molar-refractivity contribution in [2.45, 2.75) is 26.3 Å². The Kier molecular flexibility index (Phi) is 4.98. The van der Waals surface area contributed by atoms with Gasteiger partial charge in [0, 0.05) is 10.9 Å². The summed E-state index contributed by atoms with van der Waals surface area (Å²) in [4.78, 5) is 1.39. The first-order valence-electron chi connectivity index (χ1n) is 6.24. The molecule has 96 valence electrons. The average molecular weight is 324 g/mol. The zero-order valence-electron chi connectivity index (χ0n) is 10.7. The van der Waals surface area contributed by atoms with E-state index in [1.165, 1.54) is 19.8 Å². The number of hydrogen-bond donors (Lipinski definition) is 1. The molecule has 0 aliphatic rings. The highest BCUT2D eigenvalue weighted by Crippen LogP contribution is 2.32. The van der Waals surface area contributed by atoms with Crippen LogP contribution in [0.2, 0.25) is 0 Å². The Balaban J connectivity index is 2.21. The van der Waals surface area contributed by atoms with Crippen molar-refractivity contribution in [2.75, 3.05) is 6.54 Å². The predicted molar refractivity (Wildman–Crippen MR) is 83.3 cm³/mol. The molecule has 1 aromatic heterocycles. The maximum Gasteiger partial charge on any atom is 0.0704 e. The second-order valence-corrected chi connectivity index (χ2v) is 7.00. The first kappa shape index (κ1) is 13.8. The van der Waals surface area contributed by atoms with Gasteiger partial charge in [-0.2, -0.15) is 0 Å². The van der Waals surface area contributed by atoms with Crippen LogP contribution < -0.4 is 5.32 Å². The Morgan fingerprint density at radius 1 is 1.28 bits per heavy atom. The van der Waals surface area contributed by atoms with Crippen molar-refractivity contribution in [3.8, 4) is 0 Å². The smallest absolute Gasteiger partial charge is 0.0704 e. The SMILES string of the molecule is CCNC(Cc1ccccc1)c1cc(Br)sc1C. The van der Waals surface area contributed by atoms with E-state index >= 15 is 0 Å². The van der Waals surface area contributed by atoms with Gasteiger partial charge in [-0.15, -0.1) is 11.3 Å². The van der Waals surface area contributed by atoms with Gasteiger partial charge in [0.2, 0.25) is 0 Å². The number of nitrogens with one attached hydrogen (secondary N) is 1. The van der Waals surface area contributed by atoms with E-state index in [1.807, 2.05) is 11.3 Å². The van der Waals surface area contributed by atoms with E-state index < -0.39 is 0 Å². The van der Waals surface area contributed by atoms with E-state index in [-0.39, 0.29) is 0 Å². The minimum Gasteiger partial charge on any atom is -0.310 e. The fourth-order valence-electron chi connectivity index (χ4n) is 2.19. The predicted octanol–water partition coefficient (Wildman–Crippen LogP) is 4.71. The van der Waals surface area contributed by atoms with Crippen molar-refractivity contribution < 1.29 is 0 Å². The molecular formula is C15H18BrNS. The monoisotopic (exact) mass is 323 g/mol. The van der Waals surface area contributed by atoms with Crippen molar-refractivity contribution >= 4 is 27.3 Å². The third kappa shape index (κ3) is 3.44. The zero-order valence-corrected chi connectivity index (χ0v) is 13.1. The van der Waals surface area contributed by atoms with Gasteiger partial charge in [0.05, 0.1) is 3.79 Å². The number of benzene rings is 1. The molecule has 1 unspecified atom stereocenters. The summed E-state index contributed by atoms with van der Waals surface area (Å²) in [6.45, 7) is 5.35. The lowest BCUT2D eigenvalue weighted by Gasteiger charge is -2.18. The molecule has 1 nitrogen and oxygen atoms in total. The van der Waals surface area contributed by atoms with Gasteiger partial charge in [0.1, 0.15) is 0 Å². The van der Waals surface area contributed by atoms with E-state index in [2.05, 4.69) is 71.5 Å². The first-order valence-corrected chi connectivity index (χ1v) is 7.84. The van der Waals surface area contributed by atoms with Gasteiger partial charge < -0.3 is 5.32 Å². The molecule has 3 heteroatoms. The Labute approximate surface area is 121 Å². The summed E-state index contributed by atoms with van der Waals surface area (Å²) in [5.41, 5.74) is 2.79. The minimum atomic E-state index is 0.403. The van der Waals surface area contributed by atoms with Crippen LogP contribution in [-0.4, -0.2) is 6.54 Å². The molecule has 0 amide bonds. The number of aryl methyl sites for hydroxylation is 1. The van der Waals surface area contributed by atoms with Gasteiger partial charge in [-0.3, -0.25) is 0 Å². The van der Waals surface area contributed by atoms with Crippen LogP contribution in [0.1, 0.15) is 29.0 Å². The number of rotatable bonds is 5. The number of thiophene rings is 1. The summed E-state index contributed by atoms with van der Waals surface area (Å²) >= 11 is 5.39. The average Bonchev–Trinajstić information content (AvgIpc) is 2.69. The third-order valence-electron chi connectivity index (χ3n) is 3.03. The summed E-state index contributed by atoms with van der Waals surface area (Å²) in [7, 11) is 0. The maximum atomic E-state index is 3.59. The molecule has 1 heterocycles. The van der Waals surface area contributed by atoms with Crippen molar-refractivity contribution in [3.05, 3.63) is 56.2 Å². The minimum absolute atomic E-state index is 0.403. The lowest BCUT2D eigenvalue weighted by Crippen LogP contribution is -2.23. The number of hydrogen-bond acceptors (Lipinski definition) is 2. The van der Waals surface area contributed by atoms with E-state index in [1.54, 1.807) is 0 Å². The zero-order chi connectivity index (χ0) is 13.0. The van der Waals surface area contributed by atoms with Crippen LogP contribution >= 0.6 is 27.3 Å². The van der Waals surface area contributed by atoms with Gasteiger partial charge >= 0.3 is 0 Å². The Bertz CT molecular complexity index is 492. The van der Waals surface area contributed by atoms with Gasteiger partial charge in [-0.25, -0.2) is 0 Å². The molecule has 0 radical (unpaired) electrons. The van der Waals surface area contributed by atoms with Crippen molar-refractivity contribution in [3.63, 3.8) is 0 Å². The quantitative estimate of drug-likeness (QED) is 0.840. The van der Waals surface area contributed by atoms with Crippen molar-refractivity contribution in [1.82, 2.24) is 5.32 Å². The fourth-order valence-corrected chi connectivity index (χ4v) is 3.97. The normalized spacial score (nSPS) is 12.6. The molecule has 18 heavy (non-hydrogen) atoms. The molecule has 2 aromatic rings. The van der Waals surface area contributed by atoms with Crippen LogP contribution in [0.25, 0.3) is 0 Å². The first-order chi connectivity index (χ1) is 8.70. The molecule has 2 rings (SSSR count). The molecule has 0 aliphatic carbocycles. The summed E-state index contributed by atoms with van der Waals surface area (Å²) in [5.74, 6) is 0. The molecule has 0 saturated carbocycles. The van der Waals surface area contributed by atoms with Crippen LogP contribution in [-0.2, 0) is 6.42 Å². The maximum absolute atomic E-state index is 3.59. The van der Waals surface area contributed by atoms with Crippen LogP contribution in [0.4, 0.5) is 0 Å². The van der Waals surface area contributed by atoms with Crippen LogP contribution in [0.5, 0.6) is 0 Å². The van der Waals surface area contributed by atoms with E-state index in [9.17, 15) is 0 Å². The van der Waals surface area contributed by atoms with Gasteiger partial charge in [0.25, 0.3) is 0 Å². The third-order valence-corrected chi connectivity index (χ3v) is 4.60. The summed E-state index contributed by atoms with van der Waals surface area (Å²) < 4.78 is 1.21. The van der Waals surface area contributed by atoms with E-state index in [0.717, 1.165) is 13.0 Å². The summed E-state index contributed by atoms with van der Waals surface area (Å²) in [6, 6.07) is 13.3. The van der Waals surface area contributed by atoms with E-state index in [0.29, 0.717) is 6.04 Å². The molecule has 0 bridgehead atoms. The van der Waals surface area contributed by atoms with Crippen molar-refractivity contribution in [2.24, 2.45) is 0 Å². The van der Waals surface area contributed by atoms with Crippen LogP contribution in [0, 0.1) is 6.92 Å². The standard InChI is InChI=1S/C15H18BrNS/c1-3-17-14(9-12-7-5-4-6-8-12)13-10-15(16)18-11(13)2/h4-8,10,14,17H,3,9H2,1-2H3. The summed E-state index contributed by atoms with van der Waals surface area (Å²) in [5, 5.41) is 3.59. The highest BCUT2D eigenvalue weighted by atomic mass is 79.9. The molecule has 0 fully saturated rings. The summed E-state index contributed by atoms with van der Waals surface area (Å²) in [6.07, 6.45) is 1.04. The molecule has 1 atom stereocenters. The Morgan fingerprint density at radius 2 is 2.00 bits per heavy atom. The van der Waals surface area contributed by atoms with E-state index in [4.69, 9.17) is 0 Å². The number of halogens is 1. The Morgan fingerprint density at radius 3 is 2.56 bits per heavy atom. The lowest BCUT2D eigenvalue weighted by molar-refractivity contribution is 0.549. The molecule has 0 spiro atoms. The molecule has 1 aromatic carbocycles. The largest absolute Gasteiger partial charge is 0.310 e. The second-order valence-electron chi connectivity index (χ2n) is 4.36. The van der Waals surface area contributed by atoms with Gasteiger partial charge in [0.15, 0.2) is 0 Å². The van der Waals surface area contributed by atoms with Gasteiger partial charge in [-0.1, -0.05) is 37.3 Å². The van der Waals surface area contributed by atoms with Crippen LogP contribution in [0.15, 0.2) is 40.2 Å². The van der Waals surface area contributed by atoms with Crippen molar-refractivity contribution in [1.29, 1.82) is 0 Å². The topological polar surface area (TPSA) is 12.0 Å². The number of likely N-dealkylation sites (N-methyl/N-ethyl adjacent to an activating group) is 1. The molecular weight excluding hydrogens is 306 g/mol. The van der Waals surface area contributed by atoms with Gasteiger partial charge in [-0.05, 0) is 53.0 Å². The fraction of sp³-hybridized carbons (Fsp3) is 0.333. The lowest BCUT2D eigenvalue weighted by atomic mass is 9.99. The second kappa shape index (κ2) is 6.50. The van der Waals surface area contributed by atoms with Crippen LogP contribution in [0.3, 0.4) is 0 Å².